The molecule has 0 aromatic carbocycles. The molecule has 0 atom stereocenters. The Kier molecular flexibility index (Phi) is 3.00. The standard InChI is InChI=1S/C11H21N3/c1-8-9(2)13-14(10(8)3)11(4,5)7-12-6/h12H,7H2,1-6H3. The van der Waals surface area contributed by atoms with Crippen LogP contribution in [0.15, 0.2) is 0 Å². The molecular formula is C11H21N3. The molecule has 1 aromatic rings. The van der Waals surface area contributed by atoms with E-state index in [1.54, 1.807) is 0 Å². The Morgan fingerprint density at radius 2 is 1.86 bits per heavy atom. The zero-order valence-electron chi connectivity index (χ0n) is 10.1. The van der Waals surface area contributed by atoms with Crippen molar-refractivity contribution in [3.8, 4) is 0 Å². The summed E-state index contributed by atoms with van der Waals surface area (Å²) in [5.41, 5.74) is 3.74. The Hall–Kier alpha value is -0.830. The number of hydrogen-bond acceptors (Lipinski definition) is 2. The lowest BCUT2D eigenvalue weighted by Crippen LogP contribution is -2.38. The highest BCUT2D eigenvalue weighted by Crippen LogP contribution is 2.20. The van der Waals surface area contributed by atoms with Crippen molar-refractivity contribution in [2.24, 2.45) is 0 Å². The first-order chi connectivity index (χ1) is 6.40. The minimum absolute atomic E-state index is 0.0395. The highest BCUT2D eigenvalue weighted by Gasteiger charge is 2.23. The molecule has 0 aliphatic heterocycles. The molecule has 0 fully saturated rings. The number of nitrogens with one attached hydrogen (secondary N) is 1. The minimum atomic E-state index is 0.0395. The summed E-state index contributed by atoms with van der Waals surface area (Å²) in [5.74, 6) is 0. The van der Waals surface area contributed by atoms with E-state index in [2.05, 4.69) is 49.7 Å². The van der Waals surface area contributed by atoms with Gasteiger partial charge in [-0.15, -0.1) is 0 Å². The molecule has 1 aromatic heterocycles. The van der Waals surface area contributed by atoms with Crippen molar-refractivity contribution in [1.82, 2.24) is 15.1 Å². The van der Waals surface area contributed by atoms with Gasteiger partial charge in [0.05, 0.1) is 11.2 Å². The summed E-state index contributed by atoms with van der Waals surface area (Å²) < 4.78 is 2.12. The van der Waals surface area contributed by atoms with Crippen molar-refractivity contribution >= 4 is 0 Å². The van der Waals surface area contributed by atoms with Gasteiger partial charge in [-0.2, -0.15) is 5.10 Å². The lowest BCUT2D eigenvalue weighted by molar-refractivity contribution is 0.303. The Labute approximate surface area is 86.5 Å². The third kappa shape index (κ3) is 1.82. The third-order valence-corrected chi connectivity index (χ3v) is 2.84. The number of rotatable bonds is 3. The van der Waals surface area contributed by atoms with Gasteiger partial charge in [0.2, 0.25) is 0 Å². The van der Waals surface area contributed by atoms with Crippen LogP contribution in [0.3, 0.4) is 0 Å². The van der Waals surface area contributed by atoms with Crippen molar-refractivity contribution in [3.05, 3.63) is 17.0 Å². The van der Waals surface area contributed by atoms with Crippen LogP contribution in [-0.2, 0) is 5.54 Å². The molecule has 0 saturated carbocycles. The summed E-state index contributed by atoms with van der Waals surface area (Å²) in [5, 5.41) is 7.78. The summed E-state index contributed by atoms with van der Waals surface area (Å²) in [6, 6.07) is 0. The van der Waals surface area contributed by atoms with Gasteiger partial charge >= 0.3 is 0 Å². The van der Waals surface area contributed by atoms with Crippen LogP contribution < -0.4 is 5.32 Å². The monoisotopic (exact) mass is 195 g/mol. The largest absolute Gasteiger partial charge is 0.317 e. The summed E-state index contributed by atoms with van der Waals surface area (Å²) in [4.78, 5) is 0. The van der Waals surface area contributed by atoms with Crippen molar-refractivity contribution in [3.63, 3.8) is 0 Å². The molecule has 0 amide bonds. The molecule has 14 heavy (non-hydrogen) atoms. The molecule has 0 aliphatic rings. The van der Waals surface area contributed by atoms with E-state index in [-0.39, 0.29) is 5.54 Å². The Morgan fingerprint density at radius 3 is 2.21 bits per heavy atom. The van der Waals surface area contributed by atoms with E-state index in [4.69, 9.17) is 0 Å². The van der Waals surface area contributed by atoms with Crippen molar-refractivity contribution in [2.45, 2.75) is 40.2 Å². The molecule has 0 spiro atoms. The fourth-order valence-electron chi connectivity index (χ4n) is 1.82. The van der Waals surface area contributed by atoms with Crippen LogP contribution in [0.2, 0.25) is 0 Å². The van der Waals surface area contributed by atoms with Crippen LogP contribution in [0.25, 0.3) is 0 Å². The maximum absolute atomic E-state index is 4.58. The van der Waals surface area contributed by atoms with Gasteiger partial charge in [0.25, 0.3) is 0 Å². The second kappa shape index (κ2) is 3.73. The maximum atomic E-state index is 4.58. The highest BCUT2D eigenvalue weighted by atomic mass is 15.3. The van der Waals surface area contributed by atoms with Crippen LogP contribution >= 0.6 is 0 Å². The first-order valence-electron chi connectivity index (χ1n) is 5.08. The first kappa shape index (κ1) is 11.2. The van der Waals surface area contributed by atoms with Gasteiger partial charge < -0.3 is 5.32 Å². The molecule has 0 saturated heterocycles. The van der Waals surface area contributed by atoms with Gasteiger partial charge in [0.1, 0.15) is 0 Å². The number of hydrogen-bond donors (Lipinski definition) is 1. The van der Waals surface area contributed by atoms with E-state index in [1.807, 2.05) is 7.05 Å². The average molecular weight is 195 g/mol. The summed E-state index contributed by atoms with van der Waals surface area (Å²) in [6.07, 6.45) is 0. The second-order valence-electron chi connectivity index (χ2n) is 4.55. The molecule has 1 heterocycles. The Morgan fingerprint density at radius 1 is 1.29 bits per heavy atom. The van der Waals surface area contributed by atoms with E-state index in [1.165, 1.54) is 11.3 Å². The van der Waals surface area contributed by atoms with E-state index >= 15 is 0 Å². The third-order valence-electron chi connectivity index (χ3n) is 2.84. The molecule has 0 unspecified atom stereocenters. The van der Waals surface area contributed by atoms with E-state index in [0.717, 1.165) is 12.2 Å². The zero-order valence-corrected chi connectivity index (χ0v) is 10.1. The molecule has 80 valence electrons. The molecule has 0 aliphatic carbocycles. The van der Waals surface area contributed by atoms with Crippen LogP contribution in [0.5, 0.6) is 0 Å². The Balaban J connectivity index is 3.12. The predicted molar refractivity (Wildman–Crippen MR) is 59.7 cm³/mol. The predicted octanol–water partition coefficient (Wildman–Crippen LogP) is 1.76. The normalized spacial score (nSPS) is 12.1. The zero-order chi connectivity index (χ0) is 10.9. The molecule has 1 rings (SSSR count). The van der Waals surface area contributed by atoms with E-state index < -0.39 is 0 Å². The quantitative estimate of drug-likeness (QED) is 0.796. The van der Waals surface area contributed by atoms with Crippen LogP contribution in [0.4, 0.5) is 0 Å². The Bertz CT molecular complexity index is 324. The second-order valence-corrected chi connectivity index (χ2v) is 4.55. The average Bonchev–Trinajstić information content (AvgIpc) is 2.33. The number of aromatic nitrogens is 2. The highest BCUT2D eigenvalue weighted by molar-refractivity contribution is 5.23. The SMILES string of the molecule is CNCC(C)(C)n1nc(C)c(C)c1C. The van der Waals surface area contributed by atoms with Gasteiger partial charge in [-0.1, -0.05) is 0 Å². The van der Waals surface area contributed by atoms with Crippen LogP contribution in [0.1, 0.15) is 30.8 Å². The lowest BCUT2D eigenvalue weighted by Gasteiger charge is -2.26. The molecule has 3 nitrogen and oxygen atoms in total. The van der Waals surface area contributed by atoms with Gasteiger partial charge in [0.15, 0.2) is 0 Å². The summed E-state index contributed by atoms with van der Waals surface area (Å²) in [6.45, 7) is 11.6. The molecule has 0 radical (unpaired) electrons. The maximum Gasteiger partial charge on any atom is 0.0698 e. The molecule has 3 heteroatoms. The molecule has 0 bridgehead atoms. The molecule has 1 N–H and O–H groups in total. The first-order valence-corrected chi connectivity index (χ1v) is 5.08. The number of likely N-dealkylation sites (N-methyl/N-ethyl adjacent to an activating group) is 1. The van der Waals surface area contributed by atoms with Crippen molar-refractivity contribution in [2.75, 3.05) is 13.6 Å². The number of aryl methyl sites for hydroxylation is 1. The topological polar surface area (TPSA) is 29.9 Å². The van der Waals surface area contributed by atoms with Gasteiger partial charge in [-0.05, 0) is 47.2 Å². The van der Waals surface area contributed by atoms with E-state index in [0.29, 0.717) is 0 Å². The van der Waals surface area contributed by atoms with Gasteiger partial charge in [-0.25, -0.2) is 0 Å². The molecular weight excluding hydrogens is 174 g/mol. The van der Waals surface area contributed by atoms with Gasteiger partial charge in [0, 0.05) is 12.2 Å². The lowest BCUT2D eigenvalue weighted by atomic mass is 10.1. The van der Waals surface area contributed by atoms with Crippen molar-refractivity contribution in [1.29, 1.82) is 0 Å². The fraction of sp³-hybridized carbons (Fsp3) is 0.727. The van der Waals surface area contributed by atoms with Crippen molar-refractivity contribution < 1.29 is 0 Å². The summed E-state index contributed by atoms with van der Waals surface area (Å²) in [7, 11) is 1.97. The van der Waals surface area contributed by atoms with Crippen LogP contribution in [0, 0.1) is 20.8 Å². The summed E-state index contributed by atoms with van der Waals surface area (Å²) >= 11 is 0. The smallest absolute Gasteiger partial charge is 0.0698 e. The fourth-order valence-corrected chi connectivity index (χ4v) is 1.82. The van der Waals surface area contributed by atoms with Gasteiger partial charge in [-0.3, -0.25) is 4.68 Å². The van der Waals surface area contributed by atoms with E-state index in [9.17, 15) is 0 Å². The number of nitrogens with zero attached hydrogens (tertiary/aromatic N) is 2. The minimum Gasteiger partial charge on any atom is -0.317 e. The van der Waals surface area contributed by atoms with Crippen LogP contribution in [-0.4, -0.2) is 23.4 Å².